The predicted octanol–water partition coefficient (Wildman–Crippen LogP) is 2.78. The molecule has 0 unspecified atom stereocenters. The fourth-order valence-electron chi connectivity index (χ4n) is 3.86. The molecule has 0 bridgehead atoms. The first-order chi connectivity index (χ1) is 16.0. The summed E-state index contributed by atoms with van der Waals surface area (Å²) in [5.74, 6) is 0.954. The van der Waals surface area contributed by atoms with E-state index in [0.29, 0.717) is 12.8 Å². The number of amides is 1. The lowest BCUT2D eigenvalue weighted by Gasteiger charge is -2.26. The average molecular weight is 473 g/mol. The maximum atomic E-state index is 12.9. The molecular formula is C25H36N4O3S. The van der Waals surface area contributed by atoms with Crippen molar-refractivity contribution < 1.29 is 9.53 Å². The topological polar surface area (TPSA) is 76.5 Å². The van der Waals surface area contributed by atoms with E-state index < -0.39 is 0 Å². The molecule has 0 spiro atoms. The van der Waals surface area contributed by atoms with E-state index in [-0.39, 0.29) is 11.5 Å². The number of benzene rings is 1. The molecule has 0 saturated carbocycles. The summed E-state index contributed by atoms with van der Waals surface area (Å²) in [6, 6.07) is 10.0. The molecule has 1 aliphatic rings. The van der Waals surface area contributed by atoms with Crippen LogP contribution in [0, 0.1) is 6.92 Å². The molecule has 1 aromatic carbocycles. The lowest BCUT2D eigenvalue weighted by molar-refractivity contribution is -0.121. The van der Waals surface area contributed by atoms with Gasteiger partial charge in [0.15, 0.2) is 5.16 Å². The molecule has 1 aromatic heterocycles. The first kappa shape index (κ1) is 25.5. The zero-order chi connectivity index (χ0) is 23.5. The number of nitrogens with zero attached hydrogens (tertiary/aromatic N) is 3. The maximum absolute atomic E-state index is 12.9. The number of carbonyl (C=O) groups excluding carboxylic acids is 1. The first-order valence-electron chi connectivity index (χ1n) is 11.8. The quantitative estimate of drug-likeness (QED) is 0.291. The minimum absolute atomic E-state index is 0.0188. The summed E-state index contributed by atoms with van der Waals surface area (Å²) in [5, 5.41) is 3.76. The van der Waals surface area contributed by atoms with Crippen molar-refractivity contribution in [3.63, 3.8) is 0 Å². The Labute approximate surface area is 200 Å². The van der Waals surface area contributed by atoms with E-state index in [9.17, 15) is 9.59 Å². The highest BCUT2D eigenvalue weighted by molar-refractivity contribution is 7.99. The smallest absolute Gasteiger partial charge is 0.257 e. The molecule has 2 heterocycles. The summed E-state index contributed by atoms with van der Waals surface area (Å²) in [5.41, 5.74) is 2.67. The average Bonchev–Trinajstić information content (AvgIpc) is 2.83. The number of ether oxygens (including phenoxy) is 1. The zero-order valence-corrected chi connectivity index (χ0v) is 20.7. The number of nitrogens with one attached hydrogen (secondary N) is 1. The van der Waals surface area contributed by atoms with Gasteiger partial charge in [-0.15, -0.1) is 0 Å². The molecular weight excluding hydrogens is 436 g/mol. The Morgan fingerprint density at radius 2 is 1.91 bits per heavy atom. The summed E-state index contributed by atoms with van der Waals surface area (Å²) < 4.78 is 7.00. The van der Waals surface area contributed by atoms with Crippen LogP contribution in [-0.4, -0.2) is 65.5 Å². The molecule has 0 aliphatic carbocycles. The number of thioether (sulfide) groups is 1. The van der Waals surface area contributed by atoms with Crippen LogP contribution in [0.15, 0.2) is 40.3 Å². The Balaban J connectivity index is 1.34. The number of unbranched alkanes of at least 4 members (excludes halogenated alkanes) is 1. The van der Waals surface area contributed by atoms with E-state index in [2.05, 4.69) is 15.2 Å². The standard InChI is InChI=1S/C25H36N4O3S/c1-20-22(19-21-9-4-3-5-10-21)24(31)28(2)25(27-20)33-18-7-6-11-23(30)26-12-8-13-29-14-16-32-17-15-29/h3-5,9-10H,6-8,11-19H2,1-2H3,(H,26,30). The van der Waals surface area contributed by atoms with Gasteiger partial charge in [0.1, 0.15) is 0 Å². The Morgan fingerprint density at radius 3 is 2.67 bits per heavy atom. The molecule has 1 aliphatic heterocycles. The van der Waals surface area contributed by atoms with Gasteiger partial charge in [-0.1, -0.05) is 42.1 Å². The van der Waals surface area contributed by atoms with Crippen molar-refractivity contribution in [3.05, 3.63) is 57.5 Å². The van der Waals surface area contributed by atoms with Crippen molar-refractivity contribution in [2.45, 2.75) is 44.2 Å². The van der Waals surface area contributed by atoms with Crippen molar-refractivity contribution in [1.29, 1.82) is 0 Å². The fraction of sp³-hybridized carbons (Fsp3) is 0.560. The highest BCUT2D eigenvalue weighted by atomic mass is 32.2. The van der Waals surface area contributed by atoms with Crippen LogP contribution in [0.4, 0.5) is 0 Å². The molecule has 33 heavy (non-hydrogen) atoms. The van der Waals surface area contributed by atoms with Gasteiger partial charge >= 0.3 is 0 Å². The molecule has 1 amide bonds. The molecule has 3 rings (SSSR count). The van der Waals surface area contributed by atoms with E-state index in [1.807, 2.05) is 37.3 Å². The van der Waals surface area contributed by atoms with E-state index >= 15 is 0 Å². The van der Waals surface area contributed by atoms with Crippen LogP contribution in [0.25, 0.3) is 0 Å². The lowest BCUT2D eigenvalue weighted by atomic mass is 10.1. The van der Waals surface area contributed by atoms with Gasteiger partial charge in [0.2, 0.25) is 5.91 Å². The van der Waals surface area contributed by atoms with Crippen LogP contribution >= 0.6 is 11.8 Å². The van der Waals surface area contributed by atoms with Gasteiger partial charge in [0.05, 0.1) is 13.2 Å². The molecule has 1 N–H and O–H groups in total. The molecule has 2 aromatic rings. The Hall–Kier alpha value is -2.16. The van der Waals surface area contributed by atoms with E-state index in [0.717, 1.165) is 86.4 Å². The third-order valence-corrected chi connectivity index (χ3v) is 7.00. The van der Waals surface area contributed by atoms with Gasteiger partial charge in [-0.05, 0) is 38.3 Å². The number of rotatable bonds is 12. The van der Waals surface area contributed by atoms with Crippen LogP contribution in [0.3, 0.4) is 0 Å². The third-order valence-electron chi connectivity index (χ3n) is 5.88. The second-order valence-corrected chi connectivity index (χ2v) is 9.51. The van der Waals surface area contributed by atoms with Gasteiger partial charge in [-0.3, -0.25) is 19.1 Å². The fourth-order valence-corrected chi connectivity index (χ4v) is 4.87. The number of aromatic nitrogens is 2. The van der Waals surface area contributed by atoms with Crippen LogP contribution in [-0.2, 0) is 23.0 Å². The van der Waals surface area contributed by atoms with Crippen molar-refractivity contribution >= 4 is 17.7 Å². The molecule has 0 radical (unpaired) electrons. The molecule has 0 atom stereocenters. The Bertz CT molecular complexity index is 943. The van der Waals surface area contributed by atoms with Crippen LogP contribution in [0.5, 0.6) is 0 Å². The second-order valence-electron chi connectivity index (χ2n) is 8.45. The van der Waals surface area contributed by atoms with Gasteiger partial charge in [0, 0.05) is 56.5 Å². The normalized spacial score (nSPS) is 14.4. The van der Waals surface area contributed by atoms with E-state index in [4.69, 9.17) is 4.74 Å². The molecule has 8 heteroatoms. The number of morpholine rings is 1. The van der Waals surface area contributed by atoms with Gasteiger partial charge in [0.25, 0.3) is 5.56 Å². The molecule has 1 saturated heterocycles. The monoisotopic (exact) mass is 472 g/mol. The highest BCUT2D eigenvalue weighted by Gasteiger charge is 2.13. The summed E-state index contributed by atoms with van der Waals surface area (Å²) >= 11 is 1.58. The third kappa shape index (κ3) is 8.28. The number of carbonyl (C=O) groups is 1. The molecule has 7 nitrogen and oxygen atoms in total. The minimum Gasteiger partial charge on any atom is -0.379 e. The Morgan fingerprint density at radius 1 is 1.15 bits per heavy atom. The van der Waals surface area contributed by atoms with Crippen LogP contribution < -0.4 is 10.9 Å². The van der Waals surface area contributed by atoms with Gasteiger partial charge in [-0.2, -0.15) is 0 Å². The highest BCUT2D eigenvalue weighted by Crippen LogP contribution is 2.18. The van der Waals surface area contributed by atoms with Crippen molar-refractivity contribution in [2.75, 3.05) is 45.1 Å². The van der Waals surface area contributed by atoms with Crippen molar-refractivity contribution in [2.24, 2.45) is 7.05 Å². The Kier molecular flexibility index (Phi) is 10.4. The van der Waals surface area contributed by atoms with Crippen LogP contribution in [0.2, 0.25) is 0 Å². The van der Waals surface area contributed by atoms with E-state index in [1.165, 1.54) is 0 Å². The van der Waals surface area contributed by atoms with Gasteiger partial charge < -0.3 is 10.1 Å². The predicted molar refractivity (Wildman–Crippen MR) is 133 cm³/mol. The lowest BCUT2D eigenvalue weighted by Crippen LogP contribution is -2.38. The largest absolute Gasteiger partial charge is 0.379 e. The summed E-state index contributed by atoms with van der Waals surface area (Å²) in [6.45, 7) is 7.24. The summed E-state index contributed by atoms with van der Waals surface area (Å²) in [7, 11) is 1.79. The molecule has 180 valence electrons. The van der Waals surface area contributed by atoms with Gasteiger partial charge in [-0.25, -0.2) is 4.98 Å². The van der Waals surface area contributed by atoms with E-state index in [1.54, 1.807) is 23.4 Å². The SMILES string of the molecule is Cc1nc(SCCCCC(=O)NCCCN2CCOCC2)n(C)c(=O)c1Cc1ccccc1. The first-order valence-corrected chi connectivity index (χ1v) is 12.8. The summed E-state index contributed by atoms with van der Waals surface area (Å²) in [4.78, 5) is 32.0. The number of hydrogen-bond donors (Lipinski definition) is 1. The number of hydrogen-bond acceptors (Lipinski definition) is 6. The number of aryl methyl sites for hydroxylation is 1. The van der Waals surface area contributed by atoms with Crippen molar-refractivity contribution in [3.8, 4) is 0 Å². The van der Waals surface area contributed by atoms with Crippen LogP contribution in [0.1, 0.15) is 42.5 Å². The van der Waals surface area contributed by atoms with Crippen molar-refractivity contribution in [1.82, 2.24) is 19.8 Å². The second kappa shape index (κ2) is 13.5. The molecule has 1 fully saturated rings. The minimum atomic E-state index is 0.0188. The maximum Gasteiger partial charge on any atom is 0.257 e. The summed E-state index contributed by atoms with van der Waals surface area (Å²) in [6.07, 6.45) is 3.85. The zero-order valence-electron chi connectivity index (χ0n) is 19.8.